The summed E-state index contributed by atoms with van der Waals surface area (Å²) in [5.74, 6) is -0.469. The van der Waals surface area contributed by atoms with Gasteiger partial charge in [-0.3, -0.25) is 4.79 Å². The third-order valence-electron chi connectivity index (χ3n) is 2.65. The number of carbonyl (C=O) groups is 3. The van der Waals surface area contributed by atoms with Crippen molar-refractivity contribution in [1.29, 1.82) is 0 Å². The zero-order valence-electron chi connectivity index (χ0n) is 10.4. The van der Waals surface area contributed by atoms with Crippen LogP contribution in [0, 0.1) is 0 Å². The van der Waals surface area contributed by atoms with Crippen molar-refractivity contribution in [1.82, 2.24) is 15.1 Å². The van der Waals surface area contributed by atoms with Crippen LogP contribution in [0.2, 0.25) is 0 Å². The summed E-state index contributed by atoms with van der Waals surface area (Å²) in [6.45, 7) is 2.58. The zero-order chi connectivity index (χ0) is 12.8. The van der Waals surface area contributed by atoms with Crippen molar-refractivity contribution in [2.24, 2.45) is 0 Å². The highest BCUT2D eigenvalue weighted by Gasteiger charge is 2.38. The van der Waals surface area contributed by atoms with Gasteiger partial charge in [-0.15, -0.1) is 0 Å². The molecule has 0 aromatic rings. The predicted molar refractivity (Wildman–Crippen MR) is 62.4 cm³/mol. The molecular weight excluding hydrogens is 222 g/mol. The van der Waals surface area contributed by atoms with Crippen LogP contribution >= 0.6 is 0 Å². The molecule has 1 aliphatic rings. The van der Waals surface area contributed by atoms with E-state index in [9.17, 15) is 14.4 Å². The highest BCUT2D eigenvalue weighted by atomic mass is 16.2. The number of nitrogens with zero attached hydrogens (tertiary/aromatic N) is 2. The molecule has 0 aliphatic carbocycles. The van der Waals surface area contributed by atoms with E-state index in [1.165, 1.54) is 11.9 Å². The van der Waals surface area contributed by atoms with E-state index in [2.05, 4.69) is 12.2 Å². The quantitative estimate of drug-likeness (QED) is 0.580. The lowest BCUT2D eigenvalue weighted by Crippen LogP contribution is -2.44. The van der Waals surface area contributed by atoms with Gasteiger partial charge in [0.15, 0.2) is 0 Å². The fraction of sp³-hybridized carbons (Fsp3) is 0.727. The Morgan fingerprint density at radius 1 is 1.29 bits per heavy atom. The molecule has 0 aromatic carbocycles. The Morgan fingerprint density at radius 2 is 2.00 bits per heavy atom. The zero-order valence-corrected chi connectivity index (χ0v) is 10.4. The molecule has 1 aliphatic heterocycles. The third-order valence-corrected chi connectivity index (χ3v) is 2.65. The van der Waals surface area contributed by atoms with Crippen LogP contribution in [0.4, 0.5) is 9.59 Å². The largest absolute Gasteiger partial charge is 0.337 e. The number of nitrogens with one attached hydrogen (secondary N) is 1. The fourth-order valence-corrected chi connectivity index (χ4v) is 1.64. The number of carbonyl (C=O) groups excluding carboxylic acids is 3. The summed E-state index contributed by atoms with van der Waals surface area (Å²) in [5, 5.41) is 2.58. The Balaban J connectivity index is 2.33. The van der Waals surface area contributed by atoms with Gasteiger partial charge in [0.2, 0.25) is 0 Å². The molecule has 0 saturated carbocycles. The molecule has 0 unspecified atom stereocenters. The van der Waals surface area contributed by atoms with Gasteiger partial charge in [0.25, 0.3) is 5.91 Å². The maximum absolute atomic E-state index is 11.6. The minimum Gasteiger partial charge on any atom is -0.337 e. The molecule has 6 nitrogen and oxygen atoms in total. The molecule has 1 fully saturated rings. The van der Waals surface area contributed by atoms with Crippen LogP contribution in [0.1, 0.15) is 32.6 Å². The molecule has 0 radical (unpaired) electrons. The first kappa shape index (κ1) is 13.5. The number of unbranched alkanes of at least 4 members (excludes halogenated alkanes) is 3. The monoisotopic (exact) mass is 241 g/mol. The van der Waals surface area contributed by atoms with Gasteiger partial charge in [0.05, 0.1) is 0 Å². The van der Waals surface area contributed by atoms with Gasteiger partial charge in [-0.2, -0.15) is 4.90 Å². The van der Waals surface area contributed by atoms with Crippen LogP contribution in [0.5, 0.6) is 0 Å². The summed E-state index contributed by atoms with van der Waals surface area (Å²) in [5.41, 5.74) is 0. The smallest absolute Gasteiger partial charge is 0.335 e. The average Bonchev–Trinajstić information content (AvgIpc) is 2.53. The summed E-state index contributed by atoms with van der Waals surface area (Å²) < 4.78 is 0. The number of likely N-dealkylation sites (N-methyl/N-ethyl adjacent to an activating group) is 1. The highest BCUT2D eigenvalue weighted by molar-refractivity contribution is 6.14. The summed E-state index contributed by atoms with van der Waals surface area (Å²) >= 11 is 0. The highest BCUT2D eigenvalue weighted by Crippen LogP contribution is 2.07. The number of urea groups is 2. The minimum atomic E-state index is -0.610. The van der Waals surface area contributed by atoms with Crippen LogP contribution in [0.3, 0.4) is 0 Å². The first-order valence-electron chi connectivity index (χ1n) is 5.93. The average molecular weight is 241 g/mol. The van der Waals surface area contributed by atoms with Gasteiger partial charge >= 0.3 is 12.1 Å². The number of amides is 5. The molecule has 0 atom stereocenters. The van der Waals surface area contributed by atoms with Crippen LogP contribution in [0.15, 0.2) is 0 Å². The maximum Gasteiger partial charge on any atom is 0.335 e. The Kier molecular flexibility index (Phi) is 4.93. The summed E-state index contributed by atoms with van der Waals surface area (Å²) in [4.78, 5) is 36.3. The molecule has 5 amide bonds. The summed E-state index contributed by atoms with van der Waals surface area (Å²) in [7, 11) is 1.49. The Bertz CT molecular complexity index is 317. The van der Waals surface area contributed by atoms with Crippen LogP contribution in [-0.4, -0.2) is 47.9 Å². The van der Waals surface area contributed by atoms with Crippen molar-refractivity contribution in [3.05, 3.63) is 0 Å². The normalized spacial score (nSPS) is 15.6. The second kappa shape index (κ2) is 6.22. The van der Waals surface area contributed by atoms with E-state index in [1.54, 1.807) is 0 Å². The molecule has 0 bridgehead atoms. The van der Waals surface area contributed by atoms with Crippen LogP contribution < -0.4 is 5.32 Å². The lowest BCUT2D eigenvalue weighted by atomic mass is 10.2. The van der Waals surface area contributed by atoms with E-state index in [4.69, 9.17) is 0 Å². The van der Waals surface area contributed by atoms with E-state index in [0.29, 0.717) is 11.4 Å². The molecule has 0 spiro atoms. The molecule has 17 heavy (non-hydrogen) atoms. The number of imide groups is 3. The first-order valence-corrected chi connectivity index (χ1v) is 5.93. The van der Waals surface area contributed by atoms with E-state index >= 15 is 0 Å². The lowest BCUT2D eigenvalue weighted by Gasteiger charge is -2.13. The van der Waals surface area contributed by atoms with Gasteiger partial charge in [-0.05, 0) is 6.42 Å². The standard InChI is InChI=1S/C11H19N3O3/c1-3-4-5-6-7-12-10(16)14-9(15)8-13(2)11(14)17/h3-8H2,1-2H3,(H,12,16). The maximum atomic E-state index is 11.6. The summed E-state index contributed by atoms with van der Waals surface area (Å²) in [6, 6.07) is -1.16. The number of hydrogen-bond donors (Lipinski definition) is 1. The van der Waals surface area contributed by atoms with E-state index in [0.717, 1.165) is 25.7 Å². The molecule has 1 saturated heterocycles. The van der Waals surface area contributed by atoms with Crippen molar-refractivity contribution >= 4 is 18.0 Å². The van der Waals surface area contributed by atoms with Crippen molar-refractivity contribution in [2.45, 2.75) is 32.6 Å². The lowest BCUT2D eigenvalue weighted by molar-refractivity contribution is -0.123. The second-order valence-corrected chi connectivity index (χ2v) is 4.16. The molecule has 1 heterocycles. The minimum absolute atomic E-state index is 0.0257. The molecule has 96 valence electrons. The van der Waals surface area contributed by atoms with Gasteiger partial charge < -0.3 is 10.2 Å². The topological polar surface area (TPSA) is 69.7 Å². The Morgan fingerprint density at radius 3 is 2.53 bits per heavy atom. The predicted octanol–water partition coefficient (Wildman–Crippen LogP) is 1.17. The van der Waals surface area contributed by atoms with Gasteiger partial charge in [-0.1, -0.05) is 26.2 Å². The van der Waals surface area contributed by atoms with E-state index in [1.807, 2.05) is 0 Å². The molecule has 1 N–H and O–H groups in total. The molecule has 6 heteroatoms. The third kappa shape index (κ3) is 3.44. The van der Waals surface area contributed by atoms with Gasteiger partial charge in [0, 0.05) is 13.6 Å². The van der Waals surface area contributed by atoms with Gasteiger partial charge in [0.1, 0.15) is 6.54 Å². The molecular formula is C11H19N3O3. The summed E-state index contributed by atoms with van der Waals surface area (Å²) in [6.07, 6.45) is 4.16. The Labute approximate surface area is 101 Å². The first-order chi connectivity index (χ1) is 8.07. The molecule has 0 aromatic heterocycles. The second-order valence-electron chi connectivity index (χ2n) is 4.16. The Hall–Kier alpha value is -1.59. The van der Waals surface area contributed by atoms with E-state index < -0.39 is 18.0 Å². The molecule has 1 rings (SSSR count). The van der Waals surface area contributed by atoms with Crippen LogP contribution in [-0.2, 0) is 4.79 Å². The van der Waals surface area contributed by atoms with E-state index in [-0.39, 0.29) is 6.54 Å². The van der Waals surface area contributed by atoms with Crippen LogP contribution in [0.25, 0.3) is 0 Å². The van der Waals surface area contributed by atoms with Crippen molar-refractivity contribution in [3.63, 3.8) is 0 Å². The fourth-order valence-electron chi connectivity index (χ4n) is 1.64. The SMILES string of the molecule is CCCCCCNC(=O)N1C(=O)CN(C)C1=O. The van der Waals surface area contributed by atoms with Gasteiger partial charge in [-0.25, -0.2) is 9.59 Å². The van der Waals surface area contributed by atoms with Crippen molar-refractivity contribution < 1.29 is 14.4 Å². The number of rotatable bonds is 5. The van der Waals surface area contributed by atoms with Crippen molar-refractivity contribution in [2.75, 3.05) is 20.1 Å². The van der Waals surface area contributed by atoms with Crippen molar-refractivity contribution in [3.8, 4) is 0 Å². The number of hydrogen-bond acceptors (Lipinski definition) is 3.